The molecule has 1 aliphatic heterocycles. The molecular formula is C22H31N5O3S. The van der Waals surface area contributed by atoms with Crippen LogP contribution in [0.3, 0.4) is 0 Å². The van der Waals surface area contributed by atoms with Crippen LogP contribution < -0.4 is 4.72 Å². The molecule has 1 saturated carbocycles. The van der Waals surface area contributed by atoms with Crippen molar-refractivity contribution in [2.75, 3.05) is 19.6 Å². The molecule has 4 rings (SSSR count). The van der Waals surface area contributed by atoms with Gasteiger partial charge in [-0.15, -0.1) is 0 Å². The summed E-state index contributed by atoms with van der Waals surface area (Å²) in [6, 6.07) is 3.72. The molecule has 1 aromatic carbocycles. The first-order valence-electron chi connectivity index (χ1n) is 11.0. The van der Waals surface area contributed by atoms with Crippen LogP contribution >= 0.6 is 0 Å². The number of amides is 1. The summed E-state index contributed by atoms with van der Waals surface area (Å²) < 4.78 is 28.1. The van der Waals surface area contributed by atoms with Crippen molar-refractivity contribution in [3.63, 3.8) is 0 Å². The van der Waals surface area contributed by atoms with E-state index in [0.29, 0.717) is 29.8 Å². The number of carbonyl (C=O) groups excluding carboxylic acids is 1. The number of nitrogens with zero attached hydrogens (tertiary/aromatic N) is 3. The third-order valence-electron chi connectivity index (χ3n) is 6.20. The molecule has 9 heteroatoms. The fraction of sp³-hybridized carbons (Fsp3) is 0.591. The molecule has 1 aromatic heterocycles. The van der Waals surface area contributed by atoms with Gasteiger partial charge in [-0.25, -0.2) is 18.1 Å². The molecule has 0 bridgehead atoms. The van der Waals surface area contributed by atoms with Gasteiger partial charge in [0.15, 0.2) is 5.82 Å². The largest absolute Gasteiger partial charge is 0.343 e. The molecule has 2 heterocycles. The quantitative estimate of drug-likeness (QED) is 0.681. The van der Waals surface area contributed by atoms with Crippen molar-refractivity contribution >= 4 is 15.9 Å². The molecule has 2 aromatic rings. The van der Waals surface area contributed by atoms with Gasteiger partial charge in [0.05, 0.1) is 4.90 Å². The topological polar surface area (TPSA) is 108 Å². The van der Waals surface area contributed by atoms with E-state index in [1.54, 1.807) is 13.8 Å². The minimum Gasteiger partial charge on any atom is -0.343 e. The smallest absolute Gasteiger partial charge is 0.241 e. The highest BCUT2D eigenvalue weighted by Gasteiger charge is 2.30. The Labute approximate surface area is 183 Å². The third-order valence-corrected chi connectivity index (χ3v) is 7.97. The first kappa shape index (κ1) is 22.0. The van der Waals surface area contributed by atoms with Gasteiger partial charge in [0, 0.05) is 37.9 Å². The second-order valence-corrected chi connectivity index (χ2v) is 10.6. The summed E-state index contributed by atoms with van der Waals surface area (Å²) in [5.41, 5.74) is 2.47. The van der Waals surface area contributed by atoms with E-state index in [4.69, 9.17) is 0 Å². The van der Waals surface area contributed by atoms with Crippen LogP contribution in [0.15, 0.2) is 17.0 Å². The van der Waals surface area contributed by atoms with E-state index in [0.717, 1.165) is 41.2 Å². The maximum absolute atomic E-state index is 12.7. The maximum atomic E-state index is 12.7. The summed E-state index contributed by atoms with van der Waals surface area (Å²) in [5, 5.41) is 7.41. The minimum absolute atomic E-state index is 0.0188. The Morgan fingerprint density at radius 3 is 2.35 bits per heavy atom. The van der Waals surface area contributed by atoms with E-state index < -0.39 is 10.0 Å². The molecule has 0 atom stereocenters. The van der Waals surface area contributed by atoms with E-state index in [9.17, 15) is 13.2 Å². The number of benzene rings is 1. The normalized spacial score (nSPS) is 17.8. The lowest BCUT2D eigenvalue weighted by Crippen LogP contribution is -2.39. The predicted octanol–water partition coefficient (Wildman–Crippen LogP) is 2.68. The van der Waals surface area contributed by atoms with E-state index in [1.165, 1.54) is 12.8 Å². The Morgan fingerprint density at radius 1 is 1.10 bits per heavy atom. The molecule has 2 fully saturated rings. The first-order valence-corrected chi connectivity index (χ1v) is 12.5. The summed E-state index contributed by atoms with van der Waals surface area (Å²) in [7, 11) is -3.65. The van der Waals surface area contributed by atoms with Crippen LogP contribution in [0.2, 0.25) is 0 Å². The van der Waals surface area contributed by atoms with Crippen molar-refractivity contribution in [3.05, 3.63) is 40.5 Å². The van der Waals surface area contributed by atoms with Gasteiger partial charge in [0.1, 0.15) is 5.82 Å². The fourth-order valence-corrected chi connectivity index (χ4v) is 5.99. The zero-order chi connectivity index (χ0) is 22.2. The number of rotatable bonds is 7. The number of nitrogens with one attached hydrogen (secondary N) is 2. The van der Waals surface area contributed by atoms with E-state index in [2.05, 4.69) is 19.9 Å². The third kappa shape index (κ3) is 4.98. The molecule has 0 radical (unpaired) electrons. The van der Waals surface area contributed by atoms with Crippen LogP contribution in [0, 0.1) is 20.8 Å². The Bertz CT molecular complexity index is 1040. The number of carbonyl (C=O) groups is 1. The molecule has 31 heavy (non-hydrogen) atoms. The lowest BCUT2D eigenvalue weighted by Gasteiger charge is -2.31. The number of aromatic nitrogens is 3. The van der Waals surface area contributed by atoms with Gasteiger partial charge >= 0.3 is 0 Å². The zero-order valence-corrected chi connectivity index (χ0v) is 19.3. The molecule has 2 N–H and O–H groups in total. The van der Waals surface area contributed by atoms with Crippen molar-refractivity contribution in [3.8, 4) is 0 Å². The number of aryl methyl sites for hydroxylation is 3. The Hall–Kier alpha value is -2.26. The second kappa shape index (κ2) is 8.70. The highest BCUT2D eigenvalue weighted by molar-refractivity contribution is 7.89. The molecular weight excluding hydrogens is 414 g/mol. The van der Waals surface area contributed by atoms with Crippen molar-refractivity contribution in [1.82, 2.24) is 24.8 Å². The number of aromatic amines is 1. The van der Waals surface area contributed by atoms with Crippen molar-refractivity contribution in [1.29, 1.82) is 0 Å². The Balaban J connectivity index is 1.26. The van der Waals surface area contributed by atoms with Gasteiger partial charge in [-0.1, -0.05) is 17.7 Å². The molecule has 0 spiro atoms. The van der Waals surface area contributed by atoms with Crippen LogP contribution in [0.5, 0.6) is 0 Å². The number of hydrogen-bond acceptors (Lipinski definition) is 5. The molecule has 8 nitrogen and oxygen atoms in total. The number of piperidine rings is 1. The van der Waals surface area contributed by atoms with Crippen LogP contribution in [0.25, 0.3) is 0 Å². The molecule has 2 aliphatic rings. The average Bonchev–Trinajstić information content (AvgIpc) is 3.43. The van der Waals surface area contributed by atoms with Gasteiger partial charge in [0.2, 0.25) is 15.9 Å². The van der Waals surface area contributed by atoms with Crippen molar-refractivity contribution in [2.45, 2.75) is 69.6 Å². The maximum Gasteiger partial charge on any atom is 0.241 e. The fourth-order valence-electron chi connectivity index (χ4n) is 4.51. The van der Waals surface area contributed by atoms with Gasteiger partial charge in [-0.05, 0) is 57.6 Å². The number of sulfonamides is 1. The van der Waals surface area contributed by atoms with Crippen LogP contribution in [-0.4, -0.2) is 54.0 Å². The monoisotopic (exact) mass is 445 g/mol. The van der Waals surface area contributed by atoms with E-state index >= 15 is 0 Å². The van der Waals surface area contributed by atoms with Gasteiger partial charge in [-0.3, -0.25) is 9.89 Å². The van der Waals surface area contributed by atoms with Gasteiger partial charge < -0.3 is 4.90 Å². The summed E-state index contributed by atoms with van der Waals surface area (Å²) in [5.74, 6) is 2.68. The average molecular weight is 446 g/mol. The first-order chi connectivity index (χ1) is 14.7. The highest BCUT2D eigenvalue weighted by atomic mass is 32.2. The lowest BCUT2D eigenvalue weighted by molar-refractivity contribution is -0.132. The molecule has 1 aliphatic carbocycles. The number of likely N-dealkylation sites (tertiary alicyclic amines) is 1. The number of hydrogen-bond donors (Lipinski definition) is 2. The molecule has 1 saturated heterocycles. The second-order valence-electron chi connectivity index (χ2n) is 8.88. The standard InChI is InChI=1S/C22H31N5O3S/c1-14-12-15(2)20(16(3)13-14)31(29,30)23-9-6-19(28)27-10-7-18(8-11-27)22-24-21(25-26-22)17-4-5-17/h12-13,17-18,23H,4-11H2,1-3H3,(H,24,25,26). The predicted molar refractivity (Wildman–Crippen MR) is 117 cm³/mol. The zero-order valence-electron chi connectivity index (χ0n) is 18.4. The molecule has 168 valence electrons. The Kier molecular flexibility index (Phi) is 6.16. The highest BCUT2D eigenvalue weighted by Crippen LogP contribution is 2.38. The van der Waals surface area contributed by atoms with Gasteiger partial charge in [-0.2, -0.15) is 5.10 Å². The Morgan fingerprint density at radius 2 is 1.74 bits per heavy atom. The van der Waals surface area contributed by atoms with E-state index in [1.807, 2.05) is 24.0 Å². The van der Waals surface area contributed by atoms with Crippen LogP contribution in [0.1, 0.15) is 72.3 Å². The molecule has 1 amide bonds. The molecule has 0 unspecified atom stereocenters. The van der Waals surface area contributed by atoms with Crippen LogP contribution in [-0.2, 0) is 14.8 Å². The van der Waals surface area contributed by atoms with Crippen molar-refractivity contribution < 1.29 is 13.2 Å². The van der Waals surface area contributed by atoms with Crippen molar-refractivity contribution in [2.24, 2.45) is 0 Å². The minimum atomic E-state index is -3.65. The summed E-state index contributed by atoms with van der Waals surface area (Å²) in [6.07, 6.45) is 4.20. The summed E-state index contributed by atoms with van der Waals surface area (Å²) in [6.45, 7) is 6.95. The number of H-pyrrole nitrogens is 1. The SMILES string of the molecule is Cc1cc(C)c(S(=O)(=O)NCCC(=O)N2CCC(c3nc(C4CC4)n[nH]3)CC2)c(C)c1. The van der Waals surface area contributed by atoms with Gasteiger partial charge in [0.25, 0.3) is 0 Å². The van der Waals surface area contributed by atoms with Crippen LogP contribution in [0.4, 0.5) is 0 Å². The summed E-state index contributed by atoms with van der Waals surface area (Å²) >= 11 is 0. The van der Waals surface area contributed by atoms with E-state index in [-0.39, 0.29) is 18.9 Å². The summed E-state index contributed by atoms with van der Waals surface area (Å²) in [4.78, 5) is 19.4. The lowest BCUT2D eigenvalue weighted by atomic mass is 9.96.